The van der Waals surface area contributed by atoms with Crippen LogP contribution in [-0.4, -0.2) is 58.6 Å². The molecule has 21 heavy (non-hydrogen) atoms. The molecule has 3 heterocycles. The van der Waals surface area contributed by atoms with Gasteiger partial charge in [-0.15, -0.1) is 12.6 Å². The Kier molecular flexibility index (Phi) is 3.18. The number of aliphatic hydroxyl groups is 3. The fraction of sp³-hybridized carbons (Fsp3) is 0.500. The van der Waals surface area contributed by atoms with Crippen molar-refractivity contribution < 1.29 is 20.1 Å². The Hall–Kier alpha value is -1.66. The van der Waals surface area contributed by atoms with Crippen LogP contribution >= 0.6 is 12.6 Å². The van der Waals surface area contributed by atoms with Gasteiger partial charge in [-0.1, -0.05) is 0 Å². The van der Waals surface area contributed by atoms with Crippen LogP contribution < -0.4 is 11.3 Å². The van der Waals surface area contributed by atoms with Gasteiger partial charge in [0.2, 0.25) is 5.95 Å². The van der Waals surface area contributed by atoms with Gasteiger partial charge in [0.15, 0.2) is 22.3 Å². The Morgan fingerprint density at radius 3 is 2.95 bits per heavy atom. The minimum Gasteiger partial charge on any atom is -0.394 e. The molecule has 0 aliphatic carbocycles. The summed E-state index contributed by atoms with van der Waals surface area (Å²) in [5.41, 5.74) is 5.00. The van der Waals surface area contributed by atoms with E-state index in [-0.39, 0.29) is 17.1 Å². The van der Waals surface area contributed by atoms with E-state index in [4.69, 9.17) is 15.6 Å². The van der Waals surface area contributed by atoms with Crippen molar-refractivity contribution in [3.8, 4) is 0 Å². The Morgan fingerprint density at radius 1 is 1.62 bits per heavy atom. The molecule has 10 nitrogen and oxygen atoms in total. The number of aromatic nitrogens is 4. The van der Waals surface area contributed by atoms with Gasteiger partial charge in [0.05, 0.1) is 12.9 Å². The standard InChI is InChI=1S/C10H13N5O5S/c11-9-13-6-4(7(18)14-9)12-2-15(6)8-10(19,21)5(17)3(1-16)20-8/h2-3,5,8,16-17,19,21H,1H2,(H3,11,13,14,18)/t3-,5-,8-,10+/m1/s1. The molecule has 0 radical (unpaired) electrons. The first-order valence-electron chi connectivity index (χ1n) is 5.97. The summed E-state index contributed by atoms with van der Waals surface area (Å²) < 4.78 is 6.60. The predicted molar refractivity (Wildman–Crippen MR) is 73.5 cm³/mol. The third kappa shape index (κ3) is 2.01. The minimum atomic E-state index is -2.00. The van der Waals surface area contributed by atoms with Gasteiger partial charge >= 0.3 is 0 Å². The molecule has 0 bridgehead atoms. The average molecular weight is 315 g/mol. The number of nitrogens with two attached hydrogens (primary N) is 1. The van der Waals surface area contributed by atoms with Crippen molar-refractivity contribution in [3.05, 3.63) is 16.7 Å². The maximum absolute atomic E-state index is 11.7. The summed E-state index contributed by atoms with van der Waals surface area (Å²) in [4.78, 5) is 19.8. The highest BCUT2D eigenvalue weighted by Crippen LogP contribution is 2.41. The lowest BCUT2D eigenvalue weighted by Gasteiger charge is -2.26. The zero-order valence-electron chi connectivity index (χ0n) is 10.5. The molecular formula is C10H13N5O5S. The Balaban J connectivity index is 2.15. The van der Waals surface area contributed by atoms with Crippen molar-refractivity contribution >= 4 is 29.7 Å². The number of aliphatic hydroxyl groups excluding tert-OH is 2. The summed E-state index contributed by atoms with van der Waals surface area (Å²) >= 11 is 3.99. The second-order valence-corrected chi connectivity index (χ2v) is 5.43. The molecule has 114 valence electrons. The van der Waals surface area contributed by atoms with Crippen molar-refractivity contribution in [2.24, 2.45) is 0 Å². The van der Waals surface area contributed by atoms with Crippen LogP contribution in [0, 0.1) is 0 Å². The van der Waals surface area contributed by atoms with E-state index < -0.39 is 35.5 Å². The van der Waals surface area contributed by atoms with Gasteiger partial charge in [-0.2, -0.15) is 4.98 Å². The maximum Gasteiger partial charge on any atom is 0.280 e. The van der Waals surface area contributed by atoms with Crippen molar-refractivity contribution in [2.75, 3.05) is 12.3 Å². The second kappa shape index (κ2) is 4.68. The van der Waals surface area contributed by atoms with Gasteiger partial charge in [0.25, 0.3) is 5.56 Å². The molecule has 2 aromatic heterocycles. The number of fused-ring (bicyclic) bond motifs is 1. The lowest BCUT2D eigenvalue weighted by molar-refractivity contribution is -0.0579. The molecule has 0 saturated carbocycles. The number of imidazole rings is 1. The molecule has 6 N–H and O–H groups in total. The normalized spacial score (nSPS) is 32.9. The molecule has 0 aromatic carbocycles. The molecule has 3 rings (SSSR count). The minimum absolute atomic E-state index is 0.00104. The summed E-state index contributed by atoms with van der Waals surface area (Å²) in [5.74, 6) is -0.130. The van der Waals surface area contributed by atoms with Crippen molar-refractivity contribution in [2.45, 2.75) is 23.4 Å². The highest BCUT2D eigenvalue weighted by atomic mass is 32.1. The van der Waals surface area contributed by atoms with Crippen LogP contribution in [0.5, 0.6) is 0 Å². The van der Waals surface area contributed by atoms with E-state index in [1.165, 1.54) is 10.9 Å². The average Bonchev–Trinajstić information content (AvgIpc) is 2.91. The molecule has 0 amide bonds. The van der Waals surface area contributed by atoms with Crippen LogP contribution in [0.15, 0.2) is 11.1 Å². The number of thiol groups is 1. The SMILES string of the molecule is Nc1nc2c(ncn2[C@@H]2O[C@H](CO)[C@@H](O)[C@]2(O)S)c(=O)[nH]1. The number of nitrogens with zero attached hydrogens (tertiary/aromatic N) is 3. The first-order chi connectivity index (χ1) is 9.86. The number of hydrogen-bond acceptors (Lipinski definition) is 9. The van der Waals surface area contributed by atoms with Gasteiger partial charge < -0.3 is 25.8 Å². The van der Waals surface area contributed by atoms with Crippen molar-refractivity contribution in [1.29, 1.82) is 0 Å². The topological polar surface area (TPSA) is 160 Å². The van der Waals surface area contributed by atoms with Crippen LogP contribution in [0.3, 0.4) is 0 Å². The number of hydrogen-bond donors (Lipinski definition) is 6. The van der Waals surface area contributed by atoms with Crippen LogP contribution in [-0.2, 0) is 4.74 Å². The van der Waals surface area contributed by atoms with Gasteiger partial charge in [-0.25, -0.2) is 4.98 Å². The first kappa shape index (κ1) is 14.3. The summed E-state index contributed by atoms with van der Waals surface area (Å²) in [6.07, 6.45) is -2.46. The number of nitrogens with one attached hydrogen (secondary N) is 1. The van der Waals surface area contributed by atoms with Gasteiger partial charge in [-0.3, -0.25) is 14.3 Å². The summed E-state index contributed by atoms with van der Waals surface area (Å²) in [6, 6.07) is 0. The number of H-pyrrole nitrogens is 1. The Bertz CT molecular complexity index is 743. The zero-order valence-corrected chi connectivity index (χ0v) is 11.4. The molecule has 0 spiro atoms. The van der Waals surface area contributed by atoms with E-state index in [0.717, 1.165) is 0 Å². The van der Waals surface area contributed by atoms with Gasteiger partial charge in [0.1, 0.15) is 12.2 Å². The highest BCUT2D eigenvalue weighted by molar-refractivity contribution is 7.81. The fourth-order valence-corrected chi connectivity index (χ4v) is 2.64. The molecular weight excluding hydrogens is 302 g/mol. The second-order valence-electron chi connectivity index (χ2n) is 4.71. The third-order valence-corrected chi connectivity index (χ3v) is 3.82. The van der Waals surface area contributed by atoms with Gasteiger partial charge in [0, 0.05) is 0 Å². The Labute approximate surface area is 122 Å². The summed E-state index contributed by atoms with van der Waals surface area (Å²) in [7, 11) is 0. The zero-order chi connectivity index (χ0) is 15.4. The van der Waals surface area contributed by atoms with E-state index in [2.05, 4.69) is 27.6 Å². The number of rotatable bonds is 2. The maximum atomic E-state index is 11.7. The third-order valence-electron chi connectivity index (χ3n) is 3.34. The fourth-order valence-electron chi connectivity index (χ4n) is 2.29. The first-order valence-corrected chi connectivity index (χ1v) is 6.42. The monoisotopic (exact) mass is 315 g/mol. The van der Waals surface area contributed by atoms with Gasteiger partial charge in [-0.05, 0) is 0 Å². The molecule has 1 saturated heterocycles. The largest absolute Gasteiger partial charge is 0.394 e. The number of aromatic amines is 1. The van der Waals surface area contributed by atoms with Crippen LogP contribution in [0.1, 0.15) is 6.23 Å². The van der Waals surface area contributed by atoms with E-state index in [1.54, 1.807) is 0 Å². The summed E-state index contributed by atoms with van der Waals surface area (Å²) in [5, 5.41) is 29.3. The van der Waals surface area contributed by atoms with E-state index >= 15 is 0 Å². The van der Waals surface area contributed by atoms with Crippen LogP contribution in [0.2, 0.25) is 0 Å². The Morgan fingerprint density at radius 2 is 2.33 bits per heavy atom. The molecule has 1 fully saturated rings. The molecule has 1 aliphatic heterocycles. The number of anilines is 1. The molecule has 0 unspecified atom stereocenters. The van der Waals surface area contributed by atoms with E-state index in [9.17, 15) is 15.0 Å². The van der Waals surface area contributed by atoms with Crippen molar-refractivity contribution in [1.82, 2.24) is 19.5 Å². The predicted octanol–water partition coefficient (Wildman–Crippen LogP) is -2.43. The molecule has 1 aliphatic rings. The molecule has 2 aromatic rings. The quantitative estimate of drug-likeness (QED) is 0.263. The highest BCUT2D eigenvalue weighted by Gasteiger charge is 2.54. The number of nitrogen functional groups attached to an aromatic ring is 1. The summed E-state index contributed by atoms with van der Waals surface area (Å²) in [6.45, 7) is -0.511. The van der Waals surface area contributed by atoms with Crippen molar-refractivity contribution in [3.63, 3.8) is 0 Å². The van der Waals surface area contributed by atoms with E-state index in [1.807, 2.05) is 0 Å². The molecule has 11 heteroatoms. The van der Waals surface area contributed by atoms with E-state index in [0.29, 0.717) is 0 Å². The van der Waals surface area contributed by atoms with Crippen LogP contribution in [0.4, 0.5) is 5.95 Å². The smallest absolute Gasteiger partial charge is 0.280 e. The lowest BCUT2D eigenvalue weighted by Crippen LogP contribution is -2.42. The molecule has 4 atom stereocenters. The lowest BCUT2D eigenvalue weighted by atomic mass is 10.1. The van der Waals surface area contributed by atoms with Crippen LogP contribution in [0.25, 0.3) is 11.2 Å². The number of ether oxygens (including phenoxy) is 1.